The summed E-state index contributed by atoms with van der Waals surface area (Å²) in [6, 6.07) is 6.18. The molecule has 0 spiro atoms. The first-order chi connectivity index (χ1) is 10.8. The van der Waals surface area contributed by atoms with Crippen LogP contribution in [0.3, 0.4) is 0 Å². The molecule has 2 heterocycles. The number of thioether (sulfide) groups is 2. The fraction of sp³-hybridized carbons (Fsp3) is 0.267. The van der Waals surface area contributed by atoms with E-state index in [0.717, 1.165) is 22.8 Å². The molecule has 0 radical (unpaired) electrons. The average Bonchev–Trinajstić information content (AvgIpc) is 2.99. The first-order valence-electron chi connectivity index (χ1n) is 6.76. The third-order valence-electron chi connectivity index (χ3n) is 3.15. The van der Waals surface area contributed by atoms with Gasteiger partial charge in [0.1, 0.15) is 18.4 Å². The van der Waals surface area contributed by atoms with Gasteiger partial charge in [0.2, 0.25) is 5.78 Å². The summed E-state index contributed by atoms with van der Waals surface area (Å²) in [5.74, 6) is 2.44. The number of hydrogen-bond acceptors (Lipinski definition) is 6. The van der Waals surface area contributed by atoms with E-state index in [0.29, 0.717) is 12.4 Å². The van der Waals surface area contributed by atoms with Gasteiger partial charge in [0.05, 0.1) is 12.3 Å². The Bertz CT molecular complexity index is 742. The Balaban J connectivity index is 2.02. The van der Waals surface area contributed by atoms with Crippen molar-refractivity contribution in [3.8, 4) is 17.0 Å². The molecule has 0 amide bonds. The molecule has 0 unspecified atom stereocenters. The maximum Gasteiger partial charge on any atom is 0.237 e. The van der Waals surface area contributed by atoms with Crippen LogP contribution in [-0.2, 0) is 0 Å². The highest BCUT2D eigenvalue weighted by atomic mass is 32.2. The van der Waals surface area contributed by atoms with E-state index < -0.39 is 0 Å². The molecule has 0 fully saturated rings. The van der Waals surface area contributed by atoms with Crippen molar-refractivity contribution in [3.05, 3.63) is 37.1 Å². The van der Waals surface area contributed by atoms with Crippen molar-refractivity contribution in [1.82, 2.24) is 19.4 Å². The molecule has 0 aliphatic carbocycles. The highest BCUT2D eigenvalue weighted by Gasteiger charge is 2.12. The fourth-order valence-electron chi connectivity index (χ4n) is 2.08. The zero-order chi connectivity index (χ0) is 15.4. The molecule has 114 valence electrons. The van der Waals surface area contributed by atoms with Gasteiger partial charge in [0.25, 0.3) is 0 Å². The summed E-state index contributed by atoms with van der Waals surface area (Å²) in [6.07, 6.45) is 9.26. The molecule has 0 saturated carbocycles. The van der Waals surface area contributed by atoms with Gasteiger partial charge in [-0.05, 0) is 30.7 Å². The lowest BCUT2D eigenvalue weighted by atomic mass is 10.1. The second-order valence-corrected chi connectivity index (χ2v) is 6.41. The number of benzene rings is 1. The Hall–Kier alpha value is -1.73. The van der Waals surface area contributed by atoms with Crippen molar-refractivity contribution in [1.29, 1.82) is 0 Å². The smallest absolute Gasteiger partial charge is 0.237 e. The Morgan fingerprint density at radius 2 is 2.18 bits per heavy atom. The Morgan fingerprint density at radius 1 is 1.27 bits per heavy atom. The number of aromatic nitrogens is 4. The van der Waals surface area contributed by atoms with Crippen molar-refractivity contribution in [2.45, 2.75) is 4.90 Å². The first-order valence-corrected chi connectivity index (χ1v) is 9.38. The van der Waals surface area contributed by atoms with Crippen LogP contribution in [0.4, 0.5) is 0 Å². The van der Waals surface area contributed by atoms with Gasteiger partial charge in [0.15, 0.2) is 0 Å². The molecule has 3 aromatic rings. The largest absolute Gasteiger partial charge is 0.492 e. The maximum atomic E-state index is 5.91. The number of imidazole rings is 1. The van der Waals surface area contributed by atoms with Crippen LogP contribution >= 0.6 is 23.5 Å². The van der Waals surface area contributed by atoms with Crippen molar-refractivity contribution in [2.24, 2.45) is 0 Å². The molecule has 0 aliphatic rings. The van der Waals surface area contributed by atoms with Gasteiger partial charge in [-0.2, -0.15) is 11.8 Å². The molecule has 1 aromatic carbocycles. The zero-order valence-corrected chi connectivity index (χ0v) is 14.0. The number of rotatable bonds is 6. The lowest BCUT2D eigenvalue weighted by molar-refractivity contribution is 0.345. The molecule has 22 heavy (non-hydrogen) atoms. The molecular weight excluding hydrogens is 316 g/mol. The second-order valence-electron chi connectivity index (χ2n) is 4.55. The van der Waals surface area contributed by atoms with Crippen LogP contribution in [0.1, 0.15) is 0 Å². The minimum atomic E-state index is 0.634. The van der Waals surface area contributed by atoms with Gasteiger partial charge >= 0.3 is 0 Å². The summed E-state index contributed by atoms with van der Waals surface area (Å²) in [4.78, 5) is 13.9. The van der Waals surface area contributed by atoms with Crippen LogP contribution in [0.2, 0.25) is 0 Å². The van der Waals surface area contributed by atoms with Gasteiger partial charge < -0.3 is 4.74 Å². The van der Waals surface area contributed by atoms with Crippen LogP contribution in [-0.4, -0.2) is 44.2 Å². The maximum absolute atomic E-state index is 5.91. The molecule has 0 aliphatic heterocycles. The van der Waals surface area contributed by atoms with E-state index in [1.807, 2.05) is 16.7 Å². The highest BCUT2D eigenvalue weighted by Crippen LogP contribution is 2.33. The van der Waals surface area contributed by atoms with Crippen LogP contribution in [0.25, 0.3) is 17.0 Å². The molecule has 3 rings (SSSR count). The quantitative estimate of drug-likeness (QED) is 0.510. The van der Waals surface area contributed by atoms with Crippen molar-refractivity contribution < 1.29 is 4.74 Å². The van der Waals surface area contributed by atoms with Crippen LogP contribution in [0.5, 0.6) is 5.75 Å². The molecule has 0 saturated heterocycles. The number of hydrogen-bond donors (Lipinski definition) is 0. The van der Waals surface area contributed by atoms with Crippen molar-refractivity contribution >= 4 is 29.3 Å². The van der Waals surface area contributed by atoms with Crippen LogP contribution < -0.4 is 4.74 Å². The summed E-state index contributed by atoms with van der Waals surface area (Å²) in [6.45, 7) is 0.681. The van der Waals surface area contributed by atoms with E-state index in [9.17, 15) is 0 Å². The lowest BCUT2D eigenvalue weighted by Crippen LogP contribution is -2.01. The van der Waals surface area contributed by atoms with Crippen molar-refractivity contribution in [3.63, 3.8) is 0 Å². The average molecular weight is 332 g/mol. The second kappa shape index (κ2) is 7.02. The zero-order valence-electron chi connectivity index (χ0n) is 12.4. The summed E-state index contributed by atoms with van der Waals surface area (Å²) < 4.78 is 7.72. The van der Waals surface area contributed by atoms with Gasteiger partial charge in [0, 0.05) is 22.4 Å². The van der Waals surface area contributed by atoms with E-state index in [-0.39, 0.29) is 0 Å². The topological polar surface area (TPSA) is 52.3 Å². The normalized spacial score (nSPS) is 11.0. The highest BCUT2D eigenvalue weighted by molar-refractivity contribution is 7.98. The first kappa shape index (κ1) is 15.2. The van der Waals surface area contributed by atoms with Crippen LogP contribution in [0.15, 0.2) is 41.9 Å². The van der Waals surface area contributed by atoms with E-state index in [2.05, 4.69) is 39.6 Å². The third kappa shape index (κ3) is 3.20. The molecule has 5 nitrogen and oxygen atoms in total. The number of fused-ring (bicyclic) bond motifs is 1. The van der Waals surface area contributed by atoms with Gasteiger partial charge in [-0.25, -0.2) is 15.0 Å². The van der Waals surface area contributed by atoms with E-state index in [4.69, 9.17) is 4.74 Å². The molecule has 0 N–H and O–H groups in total. The monoisotopic (exact) mass is 332 g/mol. The Kier molecular flexibility index (Phi) is 4.84. The van der Waals surface area contributed by atoms with Crippen molar-refractivity contribution in [2.75, 3.05) is 24.9 Å². The van der Waals surface area contributed by atoms with Crippen LogP contribution in [0, 0.1) is 0 Å². The summed E-state index contributed by atoms with van der Waals surface area (Å²) in [5.41, 5.74) is 1.83. The van der Waals surface area contributed by atoms with E-state index in [1.165, 1.54) is 11.2 Å². The van der Waals surface area contributed by atoms with E-state index >= 15 is 0 Å². The summed E-state index contributed by atoms with van der Waals surface area (Å²) in [7, 11) is 0. The SMILES string of the molecule is CSCCOc1ccc(SC)cc1-c1cn2cncnc2n1. The minimum absolute atomic E-state index is 0.634. The lowest BCUT2D eigenvalue weighted by Gasteiger charge is -2.11. The van der Waals surface area contributed by atoms with Gasteiger partial charge in [-0.15, -0.1) is 11.8 Å². The molecule has 7 heteroatoms. The minimum Gasteiger partial charge on any atom is -0.492 e. The number of nitrogens with zero attached hydrogens (tertiary/aromatic N) is 4. The standard InChI is InChI=1S/C15H16N4OS2/c1-21-6-5-20-14-4-3-11(22-2)7-12(14)13-8-19-10-16-9-17-15(19)18-13/h3-4,7-10H,5-6H2,1-2H3. The summed E-state index contributed by atoms with van der Waals surface area (Å²) in [5, 5.41) is 0. The Labute approximate surface area is 137 Å². The number of ether oxygens (including phenoxy) is 1. The van der Waals surface area contributed by atoms with Gasteiger partial charge in [-0.3, -0.25) is 4.40 Å². The fourth-order valence-corrected chi connectivity index (χ4v) is 2.77. The Morgan fingerprint density at radius 3 is 2.95 bits per heavy atom. The molecular formula is C15H16N4OS2. The molecule has 0 atom stereocenters. The molecule has 0 bridgehead atoms. The predicted molar refractivity (Wildman–Crippen MR) is 91.9 cm³/mol. The van der Waals surface area contributed by atoms with Gasteiger partial charge in [-0.1, -0.05) is 0 Å². The van der Waals surface area contributed by atoms with E-state index in [1.54, 1.807) is 29.9 Å². The predicted octanol–water partition coefficient (Wildman–Crippen LogP) is 3.26. The molecule has 2 aromatic heterocycles. The summed E-state index contributed by atoms with van der Waals surface area (Å²) >= 11 is 3.47. The third-order valence-corrected chi connectivity index (χ3v) is 4.45.